The first-order chi connectivity index (χ1) is 11.0. The predicted octanol–water partition coefficient (Wildman–Crippen LogP) is 1.96. The van der Waals surface area contributed by atoms with Gasteiger partial charge in [-0.25, -0.2) is 0 Å². The number of ether oxygens (including phenoxy) is 1. The summed E-state index contributed by atoms with van der Waals surface area (Å²) < 4.78 is 10.7. The van der Waals surface area contributed by atoms with Gasteiger partial charge < -0.3 is 19.8 Å². The fourth-order valence-electron chi connectivity index (χ4n) is 1.95. The molecule has 0 aliphatic heterocycles. The van der Waals surface area contributed by atoms with Crippen molar-refractivity contribution in [1.29, 1.82) is 0 Å². The van der Waals surface area contributed by atoms with Crippen molar-refractivity contribution in [3.05, 3.63) is 54.0 Å². The van der Waals surface area contributed by atoms with Crippen molar-refractivity contribution in [2.45, 2.75) is 19.9 Å². The topological polar surface area (TPSA) is 80.6 Å². The molecule has 122 valence electrons. The summed E-state index contributed by atoms with van der Waals surface area (Å²) in [6.45, 7) is 3.41. The molecule has 1 aromatic heterocycles. The number of para-hydroxylation sites is 1. The minimum absolute atomic E-state index is 0.110. The molecule has 1 atom stereocenters. The molecule has 0 saturated carbocycles. The fraction of sp³-hybridized carbons (Fsp3) is 0.294. The van der Waals surface area contributed by atoms with Crippen LogP contribution in [0, 0.1) is 6.92 Å². The van der Waals surface area contributed by atoms with Crippen LogP contribution in [0.3, 0.4) is 0 Å². The molecule has 0 aliphatic carbocycles. The van der Waals surface area contributed by atoms with Crippen molar-refractivity contribution in [1.82, 2.24) is 10.6 Å². The molecule has 2 rings (SSSR count). The molecule has 23 heavy (non-hydrogen) atoms. The lowest BCUT2D eigenvalue weighted by molar-refractivity contribution is -0.127. The Balaban J connectivity index is 1.68. The summed E-state index contributed by atoms with van der Waals surface area (Å²) in [5.74, 6) is 1.42. The molecule has 2 aromatic rings. The van der Waals surface area contributed by atoms with Crippen molar-refractivity contribution in [2.75, 3.05) is 13.2 Å². The van der Waals surface area contributed by atoms with Crippen LogP contribution in [0.15, 0.2) is 46.9 Å². The molecular formula is C17H20N2O4. The Morgan fingerprint density at radius 3 is 2.52 bits per heavy atom. The van der Waals surface area contributed by atoms with Crippen molar-refractivity contribution in [3.8, 4) is 5.75 Å². The van der Waals surface area contributed by atoms with Crippen molar-refractivity contribution < 1.29 is 18.7 Å². The van der Waals surface area contributed by atoms with E-state index in [0.29, 0.717) is 11.5 Å². The number of amides is 2. The third-order valence-electron chi connectivity index (χ3n) is 3.12. The van der Waals surface area contributed by atoms with Crippen molar-refractivity contribution in [2.24, 2.45) is 0 Å². The summed E-state index contributed by atoms with van der Waals surface area (Å²) in [6.07, 6.45) is 0. The summed E-state index contributed by atoms with van der Waals surface area (Å²) in [6, 6.07) is 12.4. The van der Waals surface area contributed by atoms with Gasteiger partial charge in [-0.15, -0.1) is 0 Å². The Morgan fingerprint density at radius 1 is 1.13 bits per heavy atom. The highest BCUT2D eigenvalue weighted by Gasteiger charge is 2.13. The van der Waals surface area contributed by atoms with Gasteiger partial charge in [0.1, 0.15) is 17.3 Å². The second kappa shape index (κ2) is 8.03. The van der Waals surface area contributed by atoms with Crippen molar-refractivity contribution >= 4 is 11.8 Å². The van der Waals surface area contributed by atoms with E-state index in [1.54, 1.807) is 12.1 Å². The Labute approximate surface area is 134 Å². The largest absolute Gasteiger partial charge is 0.484 e. The molecular weight excluding hydrogens is 296 g/mol. The van der Waals surface area contributed by atoms with E-state index in [0.717, 1.165) is 5.76 Å². The van der Waals surface area contributed by atoms with Crippen LogP contribution in [0.5, 0.6) is 5.75 Å². The minimum atomic E-state index is -0.356. The number of benzene rings is 1. The lowest BCUT2D eigenvalue weighted by atomic mass is 10.2. The normalized spacial score (nSPS) is 11.6. The molecule has 0 spiro atoms. The zero-order chi connectivity index (χ0) is 16.7. The second-order valence-electron chi connectivity index (χ2n) is 5.12. The van der Waals surface area contributed by atoms with E-state index in [-0.39, 0.29) is 31.0 Å². The molecule has 1 aromatic carbocycles. The van der Waals surface area contributed by atoms with E-state index >= 15 is 0 Å². The minimum Gasteiger partial charge on any atom is -0.484 e. The number of rotatable bonds is 7. The van der Waals surface area contributed by atoms with Crippen LogP contribution in [0.2, 0.25) is 0 Å². The summed E-state index contributed by atoms with van der Waals surface area (Å²) in [5, 5.41) is 5.26. The van der Waals surface area contributed by atoms with E-state index in [2.05, 4.69) is 10.6 Å². The van der Waals surface area contributed by atoms with Crippen LogP contribution in [0.1, 0.15) is 24.5 Å². The van der Waals surface area contributed by atoms with Crippen LogP contribution >= 0.6 is 0 Å². The monoisotopic (exact) mass is 316 g/mol. The average molecular weight is 316 g/mol. The number of hydrogen-bond donors (Lipinski definition) is 2. The summed E-state index contributed by atoms with van der Waals surface area (Å²) in [5.41, 5.74) is 0. The number of nitrogens with one attached hydrogen (secondary N) is 2. The van der Waals surface area contributed by atoms with E-state index in [9.17, 15) is 9.59 Å². The standard InChI is InChI=1S/C17H20N2O4/c1-12-8-9-15(23-12)13(2)19-16(20)10-18-17(21)11-22-14-6-4-3-5-7-14/h3-9,13H,10-11H2,1-2H3,(H,18,21)(H,19,20). The first kappa shape index (κ1) is 16.6. The average Bonchev–Trinajstić information content (AvgIpc) is 2.98. The number of carbonyl (C=O) groups excluding carboxylic acids is 2. The molecule has 0 bridgehead atoms. The predicted molar refractivity (Wildman–Crippen MR) is 84.9 cm³/mol. The maximum Gasteiger partial charge on any atom is 0.258 e. The van der Waals surface area contributed by atoms with E-state index in [1.165, 1.54) is 0 Å². The maximum atomic E-state index is 11.8. The number of aryl methyl sites for hydroxylation is 1. The Kier molecular flexibility index (Phi) is 5.80. The molecule has 0 saturated heterocycles. The van der Waals surface area contributed by atoms with Crippen LogP contribution in [-0.2, 0) is 9.59 Å². The molecule has 1 heterocycles. The smallest absolute Gasteiger partial charge is 0.258 e. The number of hydrogen-bond acceptors (Lipinski definition) is 4. The third-order valence-corrected chi connectivity index (χ3v) is 3.12. The number of carbonyl (C=O) groups is 2. The Bertz CT molecular complexity index is 652. The van der Waals surface area contributed by atoms with E-state index in [1.807, 2.05) is 44.2 Å². The van der Waals surface area contributed by atoms with E-state index in [4.69, 9.17) is 9.15 Å². The SMILES string of the molecule is Cc1ccc(C(C)NC(=O)CNC(=O)COc2ccccc2)o1. The lowest BCUT2D eigenvalue weighted by Gasteiger charge is -2.12. The zero-order valence-corrected chi connectivity index (χ0v) is 13.2. The number of furan rings is 1. The maximum absolute atomic E-state index is 11.8. The molecule has 0 fully saturated rings. The highest BCUT2D eigenvalue weighted by atomic mass is 16.5. The van der Waals surface area contributed by atoms with Crippen LogP contribution < -0.4 is 15.4 Å². The van der Waals surface area contributed by atoms with Gasteiger partial charge in [-0.2, -0.15) is 0 Å². The molecule has 2 N–H and O–H groups in total. The highest BCUT2D eigenvalue weighted by molar-refractivity contribution is 5.85. The van der Waals surface area contributed by atoms with Gasteiger partial charge in [0.25, 0.3) is 5.91 Å². The van der Waals surface area contributed by atoms with Gasteiger partial charge in [0, 0.05) is 0 Å². The lowest BCUT2D eigenvalue weighted by Crippen LogP contribution is -2.39. The highest BCUT2D eigenvalue weighted by Crippen LogP contribution is 2.15. The first-order valence-electron chi connectivity index (χ1n) is 7.35. The summed E-state index contributed by atoms with van der Waals surface area (Å²) in [4.78, 5) is 23.4. The third kappa shape index (κ3) is 5.50. The Hall–Kier alpha value is -2.76. The molecule has 6 heteroatoms. The summed E-state index contributed by atoms with van der Waals surface area (Å²) >= 11 is 0. The molecule has 1 unspecified atom stereocenters. The summed E-state index contributed by atoms with van der Waals surface area (Å²) in [7, 11) is 0. The molecule has 0 aliphatic rings. The van der Waals surface area contributed by atoms with Gasteiger partial charge in [-0.3, -0.25) is 9.59 Å². The van der Waals surface area contributed by atoms with Gasteiger partial charge in [-0.1, -0.05) is 18.2 Å². The van der Waals surface area contributed by atoms with Crippen LogP contribution in [-0.4, -0.2) is 25.0 Å². The van der Waals surface area contributed by atoms with Gasteiger partial charge in [-0.05, 0) is 38.1 Å². The van der Waals surface area contributed by atoms with Crippen LogP contribution in [0.4, 0.5) is 0 Å². The molecule has 6 nitrogen and oxygen atoms in total. The molecule has 0 radical (unpaired) electrons. The Morgan fingerprint density at radius 2 is 1.87 bits per heavy atom. The van der Waals surface area contributed by atoms with Gasteiger partial charge >= 0.3 is 0 Å². The molecule has 2 amide bonds. The fourth-order valence-corrected chi connectivity index (χ4v) is 1.95. The first-order valence-corrected chi connectivity index (χ1v) is 7.35. The van der Waals surface area contributed by atoms with Gasteiger partial charge in [0.2, 0.25) is 5.91 Å². The zero-order valence-electron chi connectivity index (χ0n) is 13.2. The van der Waals surface area contributed by atoms with E-state index < -0.39 is 0 Å². The van der Waals surface area contributed by atoms with Crippen LogP contribution in [0.25, 0.3) is 0 Å². The van der Waals surface area contributed by atoms with Gasteiger partial charge in [0.15, 0.2) is 6.61 Å². The van der Waals surface area contributed by atoms with Gasteiger partial charge in [0.05, 0.1) is 12.6 Å². The van der Waals surface area contributed by atoms with Crippen molar-refractivity contribution in [3.63, 3.8) is 0 Å². The quantitative estimate of drug-likeness (QED) is 0.818. The second-order valence-corrected chi connectivity index (χ2v) is 5.12.